The molecule has 0 atom stereocenters. The lowest BCUT2D eigenvalue weighted by Crippen LogP contribution is -2.03. The molecule has 0 saturated carbocycles. The maximum Gasteiger partial charge on any atom is 0.235 e. The van der Waals surface area contributed by atoms with Crippen LogP contribution >= 0.6 is 22.7 Å². The van der Waals surface area contributed by atoms with Gasteiger partial charge in [-0.15, -0.1) is 22.7 Å². The Labute approximate surface area is 243 Å². The van der Waals surface area contributed by atoms with E-state index >= 15 is 0 Å². The monoisotopic (exact) mass is 542 g/mol. The van der Waals surface area contributed by atoms with Gasteiger partial charge in [-0.2, -0.15) is 0 Å². The van der Waals surface area contributed by atoms with Crippen molar-refractivity contribution in [2.24, 2.45) is 0 Å². The third-order valence-corrected chi connectivity index (χ3v) is 9.63. The number of hydrogen-bond acceptors (Lipinski definition) is 4. The molecule has 9 aromatic rings. The highest BCUT2D eigenvalue weighted by Crippen LogP contribution is 2.48. The van der Waals surface area contributed by atoms with Crippen LogP contribution in [0.15, 0.2) is 115 Å². The SMILES string of the molecule is [2H]c1c([2H])c([2H])c(-c2nc(-n3c4ccccc4c4ccc5c6sc7ccccc7c6sc5c43)nc3c([2H])c([2H])c([2H])c([2H])c23)c([2H])c1[2H]. The molecule has 0 saturated heterocycles. The fourth-order valence-corrected chi connectivity index (χ4v) is 8.19. The van der Waals surface area contributed by atoms with Gasteiger partial charge in [0.05, 0.1) is 48.7 Å². The first-order chi connectivity index (χ1) is 23.1. The normalized spacial score (nSPS) is 15.3. The van der Waals surface area contributed by atoms with Crippen molar-refractivity contribution in [3.8, 4) is 17.2 Å². The fourth-order valence-electron chi connectivity index (χ4n) is 5.41. The summed E-state index contributed by atoms with van der Waals surface area (Å²) >= 11 is 3.38. The van der Waals surface area contributed by atoms with Crippen LogP contribution in [0.25, 0.3) is 79.5 Å². The summed E-state index contributed by atoms with van der Waals surface area (Å²) in [5.74, 6) is 0.0506. The van der Waals surface area contributed by atoms with Gasteiger partial charge in [0.1, 0.15) is 0 Å². The second kappa shape index (κ2) is 7.96. The first kappa shape index (κ1) is 14.5. The number of para-hydroxylation sites is 2. The Bertz CT molecular complexity index is 2880. The summed E-state index contributed by atoms with van der Waals surface area (Å²) in [6.07, 6.45) is 0. The van der Waals surface area contributed by atoms with E-state index in [9.17, 15) is 0 Å². The van der Waals surface area contributed by atoms with Gasteiger partial charge < -0.3 is 0 Å². The maximum atomic E-state index is 8.83. The minimum atomic E-state index is -0.579. The van der Waals surface area contributed by atoms with Crippen molar-refractivity contribution in [1.82, 2.24) is 14.5 Å². The van der Waals surface area contributed by atoms with Gasteiger partial charge in [-0.3, -0.25) is 4.57 Å². The second-order valence-electron chi connectivity index (χ2n) is 9.15. The highest BCUT2D eigenvalue weighted by Gasteiger charge is 2.21. The quantitative estimate of drug-likeness (QED) is 0.218. The van der Waals surface area contributed by atoms with Crippen LogP contribution in [0.5, 0.6) is 0 Å². The summed E-state index contributed by atoms with van der Waals surface area (Å²) in [4.78, 5) is 9.64. The molecule has 0 unspecified atom stereocenters. The summed E-state index contributed by atoms with van der Waals surface area (Å²) in [6.45, 7) is 0. The van der Waals surface area contributed by atoms with Crippen LogP contribution in [0, 0.1) is 0 Å². The lowest BCUT2D eigenvalue weighted by atomic mass is 10.1. The van der Waals surface area contributed by atoms with Gasteiger partial charge in [-0.05, 0) is 18.2 Å². The molecule has 0 amide bonds. The van der Waals surface area contributed by atoms with Crippen molar-refractivity contribution in [2.45, 2.75) is 0 Å². The number of aromatic nitrogens is 3. The zero-order valence-electron chi connectivity index (χ0n) is 28.9. The highest BCUT2D eigenvalue weighted by molar-refractivity contribution is 7.37. The largest absolute Gasteiger partial charge is 0.276 e. The summed E-state index contributed by atoms with van der Waals surface area (Å²) in [7, 11) is 0. The Morgan fingerprint density at radius 2 is 1.33 bits per heavy atom. The van der Waals surface area contributed by atoms with Crippen molar-refractivity contribution in [3.05, 3.63) is 115 Å². The molecule has 0 aliphatic carbocycles. The molecule has 4 aromatic heterocycles. The Hall–Kier alpha value is -4.58. The van der Waals surface area contributed by atoms with Crippen LogP contribution in [0.1, 0.15) is 12.3 Å². The van der Waals surface area contributed by atoms with E-state index < -0.39 is 54.4 Å². The number of fused-ring (bicyclic) bond motifs is 10. The topological polar surface area (TPSA) is 30.7 Å². The van der Waals surface area contributed by atoms with E-state index in [1.165, 1.54) is 4.70 Å². The molecule has 4 heterocycles. The van der Waals surface area contributed by atoms with Crippen LogP contribution in [0.4, 0.5) is 0 Å². The lowest BCUT2D eigenvalue weighted by Gasteiger charge is -2.12. The van der Waals surface area contributed by atoms with Gasteiger partial charge >= 0.3 is 0 Å². The van der Waals surface area contributed by atoms with Gasteiger partial charge in [0.25, 0.3) is 0 Å². The van der Waals surface area contributed by atoms with E-state index in [-0.39, 0.29) is 28.1 Å². The average Bonchev–Trinajstić information content (AvgIpc) is 3.76. The molecule has 39 heavy (non-hydrogen) atoms. The Morgan fingerprint density at radius 3 is 2.26 bits per heavy atom. The molecule has 0 bridgehead atoms. The van der Waals surface area contributed by atoms with Crippen molar-refractivity contribution in [2.75, 3.05) is 0 Å². The molecular formula is C34H19N3S2. The third kappa shape index (κ3) is 2.97. The fraction of sp³-hybridized carbons (Fsp3) is 0. The number of rotatable bonds is 2. The standard InChI is InChI=1S/C34H19N3S2/c1-2-10-20(11-3-1)29-23-13-4-7-15-26(23)35-34(36-29)37-27-16-8-5-12-21(27)22-18-19-25-31(30(22)37)39-32-24-14-6-9-17-28(24)38-33(25)32/h1-19H/i1D,2D,3D,4D,7D,10D,11D,13D,15D. The molecule has 0 radical (unpaired) electrons. The zero-order chi connectivity index (χ0) is 33.3. The molecule has 5 heteroatoms. The Kier molecular flexibility index (Phi) is 2.97. The molecule has 0 N–H and O–H groups in total. The van der Waals surface area contributed by atoms with Crippen molar-refractivity contribution in [3.63, 3.8) is 0 Å². The lowest BCUT2D eigenvalue weighted by molar-refractivity contribution is 1.02. The summed E-state index contributed by atoms with van der Waals surface area (Å²) < 4.78 is 83.2. The summed E-state index contributed by atoms with van der Waals surface area (Å²) in [6, 6.07) is 15.5. The van der Waals surface area contributed by atoms with E-state index in [4.69, 9.17) is 22.3 Å². The second-order valence-corrected chi connectivity index (χ2v) is 11.2. The van der Waals surface area contributed by atoms with E-state index in [2.05, 4.69) is 24.3 Å². The molecule has 9 rings (SSSR count). The predicted molar refractivity (Wildman–Crippen MR) is 168 cm³/mol. The summed E-state index contributed by atoms with van der Waals surface area (Å²) in [5.41, 5.74) is 0.986. The molecule has 0 aliphatic rings. The van der Waals surface area contributed by atoms with E-state index in [0.29, 0.717) is 0 Å². The minimum absolute atomic E-state index is 0.0506. The van der Waals surface area contributed by atoms with Crippen molar-refractivity contribution < 1.29 is 12.3 Å². The van der Waals surface area contributed by atoms with Crippen molar-refractivity contribution >= 4 is 85.0 Å². The van der Waals surface area contributed by atoms with Crippen LogP contribution in [-0.4, -0.2) is 14.5 Å². The van der Waals surface area contributed by atoms with Crippen LogP contribution in [-0.2, 0) is 0 Å². The molecule has 5 aromatic carbocycles. The van der Waals surface area contributed by atoms with Gasteiger partial charge in [0.15, 0.2) is 0 Å². The van der Waals surface area contributed by atoms with Crippen LogP contribution < -0.4 is 0 Å². The van der Waals surface area contributed by atoms with E-state index in [1.807, 2.05) is 41.0 Å². The third-order valence-electron chi connectivity index (χ3n) is 7.05. The number of nitrogens with zero attached hydrogens (tertiary/aromatic N) is 3. The molecule has 182 valence electrons. The van der Waals surface area contributed by atoms with Gasteiger partial charge in [0.2, 0.25) is 5.95 Å². The average molecular weight is 543 g/mol. The first-order valence-electron chi connectivity index (χ1n) is 16.7. The first-order valence-corrected chi connectivity index (χ1v) is 13.8. The van der Waals surface area contributed by atoms with Crippen LogP contribution in [0.3, 0.4) is 0 Å². The Balaban J connectivity index is 1.50. The molecule has 0 aliphatic heterocycles. The summed E-state index contributed by atoms with van der Waals surface area (Å²) in [5, 5.41) is 3.94. The van der Waals surface area contributed by atoms with Crippen molar-refractivity contribution in [1.29, 1.82) is 0 Å². The predicted octanol–water partition coefficient (Wildman–Crippen LogP) is 9.98. The molecule has 0 fully saturated rings. The number of thiophene rings is 2. The van der Waals surface area contributed by atoms with E-state index in [1.54, 1.807) is 22.7 Å². The number of benzene rings is 5. The molecule has 3 nitrogen and oxygen atoms in total. The smallest absolute Gasteiger partial charge is 0.235 e. The van der Waals surface area contributed by atoms with Gasteiger partial charge in [0, 0.05) is 37.2 Å². The highest BCUT2D eigenvalue weighted by atomic mass is 32.1. The van der Waals surface area contributed by atoms with Gasteiger partial charge in [-0.25, -0.2) is 9.97 Å². The number of hydrogen-bond donors (Lipinski definition) is 0. The Morgan fingerprint density at radius 1 is 0.590 bits per heavy atom. The molecule has 0 spiro atoms. The van der Waals surface area contributed by atoms with Crippen LogP contribution in [0.2, 0.25) is 0 Å². The van der Waals surface area contributed by atoms with Gasteiger partial charge in [-0.1, -0.05) is 96.9 Å². The van der Waals surface area contributed by atoms with E-state index in [0.717, 1.165) is 46.7 Å². The maximum absolute atomic E-state index is 8.83. The zero-order valence-corrected chi connectivity index (χ0v) is 21.6. The molecular weight excluding hydrogens is 515 g/mol. The minimum Gasteiger partial charge on any atom is -0.276 e.